The van der Waals surface area contributed by atoms with Crippen molar-refractivity contribution < 1.29 is 20.1 Å². The van der Waals surface area contributed by atoms with Crippen LogP contribution in [0.1, 0.15) is 6.42 Å². The van der Waals surface area contributed by atoms with Gasteiger partial charge >= 0.3 is 0 Å². The van der Waals surface area contributed by atoms with Crippen molar-refractivity contribution in [2.45, 2.75) is 24.9 Å². The molecule has 1 saturated heterocycles. The van der Waals surface area contributed by atoms with Gasteiger partial charge in [0.05, 0.1) is 12.7 Å². The van der Waals surface area contributed by atoms with Crippen LogP contribution in [0, 0.1) is 12.8 Å². The molecule has 1 rings (SSSR count). The summed E-state index contributed by atoms with van der Waals surface area (Å²) in [5.41, 5.74) is 0. The van der Waals surface area contributed by atoms with Gasteiger partial charge in [-0.05, 0) is 6.42 Å². The van der Waals surface area contributed by atoms with Crippen molar-refractivity contribution in [2.75, 3.05) is 6.61 Å². The molecule has 1 radical (unpaired) electrons. The summed E-state index contributed by atoms with van der Waals surface area (Å²) in [5, 5.41) is 27.4. The standard InChI is InChI=1S/C7H13O4/c1-2-4-5(8)3-11-7(10)6(4)9/h4-10H,1-3H2. The van der Waals surface area contributed by atoms with Crippen LogP contribution in [0.4, 0.5) is 0 Å². The van der Waals surface area contributed by atoms with E-state index in [-0.39, 0.29) is 12.5 Å². The summed E-state index contributed by atoms with van der Waals surface area (Å²) in [6.07, 6.45) is -2.52. The third kappa shape index (κ3) is 1.70. The molecule has 0 aliphatic carbocycles. The normalized spacial score (nSPS) is 45.8. The molecular formula is C7H13O4. The van der Waals surface area contributed by atoms with E-state index >= 15 is 0 Å². The predicted molar refractivity (Wildman–Crippen MR) is 37.4 cm³/mol. The van der Waals surface area contributed by atoms with Gasteiger partial charge in [-0.15, -0.1) is 0 Å². The van der Waals surface area contributed by atoms with Crippen molar-refractivity contribution >= 4 is 0 Å². The summed E-state index contributed by atoms with van der Waals surface area (Å²) < 4.78 is 4.66. The minimum atomic E-state index is -1.18. The number of ether oxygens (including phenoxy) is 1. The van der Waals surface area contributed by atoms with Crippen LogP contribution >= 0.6 is 0 Å². The Kier molecular flexibility index (Phi) is 2.84. The van der Waals surface area contributed by atoms with E-state index in [1.54, 1.807) is 0 Å². The summed E-state index contributed by atoms with van der Waals surface area (Å²) in [6.45, 7) is 3.63. The SMILES string of the molecule is [CH2]CC1C(O)COC(O)C1O. The lowest BCUT2D eigenvalue weighted by Gasteiger charge is -2.34. The van der Waals surface area contributed by atoms with E-state index in [1.807, 2.05) is 0 Å². The summed E-state index contributed by atoms with van der Waals surface area (Å²) in [4.78, 5) is 0. The first kappa shape index (κ1) is 8.93. The lowest BCUT2D eigenvalue weighted by atomic mass is 9.91. The van der Waals surface area contributed by atoms with Crippen molar-refractivity contribution in [2.24, 2.45) is 5.92 Å². The zero-order valence-corrected chi connectivity index (χ0v) is 6.18. The molecule has 0 amide bonds. The Hall–Kier alpha value is -0.160. The van der Waals surface area contributed by atoms with Crippen molar-refractivity contribution in [1.29, 1.82) is 0 Å². The number of rotatable bonds is 1. The van der Waals surface area contributed by atoms with E-state index in [2.05, 4.69) is 11.7 Å². The van der Waals surface area contributed by atoms with E-state index in [4.69, 9.17) is 5.11 Å². The maximum atomic E-state index is 9.23. The lowest BCUT2D eigenvalue weighted by molar-refractivity contribution is -0.235. The molecule has 1 aliphatic heterocycles. The third-order valence-electron chi connectivity index (χ3n) is 2.00. The zero-order chi connectivity index (χ0) is 8.43. The predicted octanol–water partition coefficient (Wildman–Crippen LogP) is -1.10. The summed E-state index contributed by atoms with van der Waals surface area (Å²) >= 11 is 0. The molecule has 0 saturated carbocycles. The largest absolute Gasteiger partial charge is 0.390 e. The van der Waals surface area contributed by atoms with Crippen LogP contribution in [0.15, 0.2) is 0 Å². The van der Waals surface area contributed by atoms with Crippen LogP contribution in [0.5, 0.6) is 0 Å². The highest BCUT2D eigenvalue weighted by Crippen LogP contribution is 2.22. The molecule has 4 unspecified atom stereocenters. The third-order valence-corrected chi connectivity index (χ3v) is 2.00. The smallest absolute Gasteiger partial charge is 0.181 e. The summed E-state index contributed by atoms with van der Waals surface area (Å²) in [7, 11) is 0. The maximum Gasteiger partial charge on any atom is 0.181 e. The Morgan fingerprint density at radius 2 is 2.00 bits per heavy atom. The van der Waals surface area contributed by atoms with Gasteiger partial charge in [-0.3, -0.25) is 0 Å². The monoisotopic (exact) mass is 161 g/mol. The molecule has 3 N–H and O–H groups in total. The molecule has 4 atom stereocenters. The average Bonchev–Trinajstić information content (AvgIpc) is 1.99. The number of hydrogen-bond acceptors (Lipinski definition) is 4. The zero-order valence-electron chi connectivity index (χ0n) is 6.18. The molecule has 4 heteroatoms. The molecular weight excluding hydrogens is 148 g/mol. The van der Waals surface area contributed by atoms with Crippen LogP contribution in [0.2, 0.25) is 0 Å². The highest BCUT2D eigenvalue weighted by molar-refractivity contribution is 4.82. The molecule has 1 heterocycles. The van der Waals surface area contributed by atoms with Crippen molar-refractivity contribution in [3.8, 4) is 0 Å². The fourth-order valence-corrected chi connectivity index (χ4v) is 1.22. The number of hydrogen-bond donors (Lipinski definition) is 3. The van der Waals surface area contributed by atoms with Gasteiger partial charge in [0.15, 0.2) is 6.29 Å². The summed E-state index contributed by atoms with van der Waals surface area (Å²) in [5.74, 6) is -0.376. The summed E-state index contributed by atoms with van der Waals surface area (Å²) in [6, 6.07) is 0. The topological polar surface area (TPSA) is 69.9 Å². The molecule has 11 heavy (non-hydrogen) atoms. The van der Waals surface area contributed by atoms with Gasteiger partial charge in [-0.25, -0.2) is 0 Å². The van der Waals surface area contributed by atoms with Crippen LogP contribution in [0.3, 0.4) is 0 Å². The Morgan fingerprint density at radius 1 is 1.36 bits per heavy atom. The van der Waals surface area contributed by atoms with Crippen molar-refractivity contribution in [3.05, 3.63) is 6.92 Å². The first-order valence-electron chi connectivity index (χ1n) is 3.62. The molecule has 0 bridgehead atoms. The average molecular weight is 161 g/mol. The maximum absolute atomic E-state index is 9.23. The van der Waals surface area contributed by atoms with E-state index in [0.717, 1.165) is 0 Å². The fourth-order valence-electron chi connectivity index (χ4n) is 1.22. The van der Waals surface area contributed by atoms with Crippen LogP contribution in [0.25, 0.3) is 0 Å². The van der Waals surface area contributed by atoms with Crippen LogP contribution in [-0.2, 0) is 4.74 Å². The van der Waals surface area contributed by atoms with Crippen molar-refractivity contribution in [3.63, 3.8) is 0 Å². The van der Waals surface area contributed by atoms with Crippen molar-refractivity contribution in [1.82, 2.24) is 0 Å². The molecule has 4 nitrogen and oxygen atoms in total. The molecule has 1 aliphatic rings. The van der Waals surface area contributed by atoms with Gasteiger partial charge in [0, 0.05) is 5.92 Å². The van der Waals surface area contributed by atoms with Gasteiger partial charge in [-0.1, -0.05) is 6.92 Å². The van der Waals surface area contributed by atoms with Crippen LogP contribution < -0.4 is 0 Å². The van der Waals surface area contributed by atoms with Gasteiger partial charge in [0.25, 0.3) is 0 Å². The highest BCUT2D eigenvalue weighted by atomic mass is 16.6. The molecule has 65 valence electrons. The minimum Gasteiger partial charge on any atom is -0.390 e. The second-order valence-electron chi connectivity index (χ2n) is 2.73. The first-order valence-corrected chi connectivity index (χ1v) is 3.62. The van der Waals surface area contributed by atoms with Gasteiger partial charge in [0.2, 0.25) is 0 Å². The van der Waals surface area contributed by atoms with Crippen LogP contribution in [-0.4, -0.2) is 40.4 Å². The van der Waals surface area contributed by atoms with Gasteiger partial charge in [-0.2, -0.15) is 0 Å². The second-order valence-corrected chi connectivity index (χ2v) is 2.73. The fraction of sp³-hybridized carbons (Fsp3) is 0.857. The molecule has 0 aromatic carbocycles. The minimum absolute atomic E-state index is 0.0679. The first-order chi connectivity index (χ1) is 5.16. The molecule has 0 aromatic rings. The second kappa shape index (κ2) is 3.49. The Morgan fingerprint density at radius 3 is 2.45 bits per heavy atom. The van der Waals surface area contributed by atoms with E-state index in [0.29, 0.717) is 6.42 Å². The quantitative estimate of drug-likeness (QED) is 0.456. The molecule has 0 spiro atoms. The Bertz CT molecular complexity index is 128. The lowest BCUT2D eigenvalue weighted by Crippen LogP contribution is -2.48. The Balaban J connectivity index is 2.55. The molecule has 1 fully saturated rings. The van der Waals surface area contributed by atoms with E-state index in [9.17, 15) is 10.2 Å². The molecule has 0 aromatic heterocycles. The van der Waals surface area contributed by atoms with Gasteiger partial charge in [0.1, 0.15) is 6.10 Å². The van der Waals surface area contributed by atoms with Gasteiger partial charge < -0.3 is 20.1 Å². The highest BCUT2D eigenvalue weighted by Gasteiger charge is 2.36. The van der Waals surface area contributed by atoms with E-state index in [1.165, 1.54) is 0 Å². The number of aliphatic hydroxyl groups excluding tert-OH is 3. The Labute approximate surface area is 65.4 Å². The van der Waals surface area contributed by atoms with E-state index < -0.39 is 18.5 Å². The number of aliphatic hydroxyl groups is 3.